The van der Waals surface area contributed by atoms with Crippen LogP contribution in [0.25, 0.3) is 0 Å². The van der Waals surface area contributed by atoms with E-state index in [2.05, 4.69) is 20.1 Å². The van der Waals surface area contributed by atoms with Gasteiger partial charge in [-0.2, -0.15) is 5.10 Å². The van der Waals surface area contributed by atoms with Crippen LogP contribution < -0.4 is 4.90 Å². The molecule has 0 atom stereocenters. The summed E-state index contributed by atoms with van der Waals surface area (Å²) in [5.74, 6) is 0.430. The lowest BCUT2D eigenvalue weighted by Crippen LogP contribution is -2.49. The maximum absolute atomic E-state index is 12.5. The summed E-state index contributed by atoms with van der Waals surface area (Å²) in [6.45, 7) is 3.70. The van der Waals surface area contributed by atoms with Crippen LogP contribution in [0.1, 0.15) is 16.2 Å². The number of nitrogens with zero attached hydrogens (tertiary/aromatic N) is 6. The molecule has 1 fully saturated rings. The molecule has 0 spiro atoms. The van der Waals surface area contributed by atoms with Gasteiger partial charge >= 0.3 is 5.69 Å². The SMILES string of the molecule is Cc1[nH]nc(C(=O)N2CCN(c3nccn3C)CC2)c1[N+](=O)[O-]. The van der Waals surface area contributed by atoms with Crippen molar-refractivity contribution in [1.82, 2.24) is 24.6 Å². The minimum Gasteiger partial charge on any atom is -0.339 e. The first-order chi connectivity index (χ1) is 11.0. The Morgan fingerprint density at radius 2 is 2.04 bits per heavy atom. The summed E-state index contributed by atoms with van der Waals surface area (Å²) in [7, 11) is 1.91. The Kier molecular flexibility index (Phi) is 3.72. The summed E-state index contributed by atoms with van der Waals surface area (Å²) in [4.78, 5) is 31.0. The molecule has 1 amide bonds. The summed E-state index contributed by atoms with van der Waals surface area (Å²) in [6, 6.07) is 0. The van der Waals surface area contributed by atoms with E-state index < -0.39 is 10.8 Å². The van der Waals surface area contributed by atoms with E-state index in [-0.39, 0.29) is 17.1 Å². The van der Waals surface area contributed by atoms with Crippen molar-refractivity contribution in [3.05, 3.63) is 33.9 Å². The third-order valence-electron chi connectivity index (χ3n) is 3.95. The molecular weight excluding hydrogens is 302 g/mol. The molecule has 0 unspecified atom stereocenters. The van der Waals surface area contributed by atoms with Crippen LogP contribution in [0.2, 0.25) is 0 Å². The van der Waals surface area contributed by atoms with Crippen LogP contribution in [0.3, 0.4) is 0 Å². The third kappa shape index (κ3) is 2.62. The Morgan fingerprint density at radius 1 is 1.35 bits per heavy atom. The second kappa shape index (κ2) is 5.71. The Morgan fingerprint density at radius 3 is 2.61 bits per heavy atom. The number of anilines is 1. The number of rotatable bonds is 3. The van der Waals surface area contributed by atoms with Gasteiger partial charge in [-0.15, -0.1) is 0 Å². The number of hydrogen-bond donors (Lipinski definition) is 1. The molecule has 1 aliphatic rings. The van der Waals surface area contributed by atoms with Crippen LogP contribution in [0.15, 0.2) is 12.4 Å². The third-order valence-corrected chi connectivity index (χ3v) is 3.95. The highest BCUT2D eigenvalue weighted by molar-refractivity contribution is 5.96. The van der Waals surface area contributed by atoms with Crippen molar-refractivity contribution in [3.63, 3.8) is 0 Å². The number of aromatic amines is 1. The Bertz CT molecular complexity index is 743. The van der Waals surface area contributed by atoms with Gasteiger partial charge < -0.3 is 14.4 Å². The van der Waals surface area contributed by atoms with E-state index in [1.54, 1.807) is 11.1 Å². The molecule has 0 saturated carbocycles. The number of nitro groups is 1. The predicted octanol–water partition coefficient (Wildman–Crippen LogP) is 0.322. The zero-order valence-corrected chi connectivity index (χ0v) is 12.9. The van der Waals surface area contributed by atoms with Crippen molar-refractivity contribution in [3.8, 4) is 0 Å². The van der Waals surface area contributed by atoms with Crippen molar-refractivity contribution in [1.29, 1.82) is 0 Å². The highest BCUT2D eigenvalue weighted by Crippen LogP contribution is 2.22. The molecular formula is C13H17N7O3. The molecule has 10 nitrogen and oxygen atoms in total. The number of carbonyl (C=O) groups excluding carboxylic acids is 1. The number of aryl methyl sites for hydroxylation is 2. The van der Waals surface area contributed by atoms with Crippen molar-refractivity contribution >= 4 is 17.5 Å². The molecule has 0 bridgehead atoms. The number of aromatic nitrogens is 4. The lowest BCUT2D eigenvalue weighted by Gasteiger charge is -2.34. The number of carbonyl (C=O) groups is 1. The van der Waals surface area contributed by atoms with E-state index in [4.69, 9.17) is 0 Å². The van der Waals surface area contributed by atoms with Gasteiger partial charge in [0.15, 0.2) is 0 Å². The molecule has 3 heterocycles. The average molecular weight is 319 g/mol. The van der Waals surface area contributed by atoms with Gasteiger partial charge in [-0.1, -0.05) is 0 Å². The minimum absolute atomic E-state index is 0.127. The smallest absolute Gasteiger partial charge is 0.322 e. The van der Waals surface area contributed by atoms with E-state index in [1.165, 1.54) is 6.92 Å². The molecule has 23 heavy (non-hydrogen) atoms. The van der Waals surface area contributed by atoms with Gasteiger partial charge in [0, 0.05) is 45.6 Å². The van der Waals surface area contributed by atoms with Gasteiger partial charge in [0.1, 0.15) is 5.69 Å². The van der Waals surface area contributed by atoms with E-state index in [9.17, 15) is 14.9 Å². The quantitative estimate of drug-likeness (QED) is 0.644. The number of nitrogens with one attached hydrogen (secondary N) is 1. The van der Waals surface area contributed by atoms with Gasteiger partial charge in [-0.3, -0.25) is 20.0 Å². The molecule has 3 rings (SSSR count). The van der Waals surface area contributed by atoms with Gasteiger partial charge in [-0.25, -0.2) is 4.98 Å². The van der Waals surface area contributed by atoms with E-state index >= 15 is 0 Å². The molecule has 0 aliphatic carbocycles. The first-order valence-electron chi connectivity index (χ1n) is 7.20. The van der Waals surface area contributed by atoms with E-state index in [1.807, 2.05) is 17.8 Å². The fraction of sp³-hybridized carbons (Fsp3) is 0.462. The molecule has 122 valence electrons. The number of amides is 1. The second-order valence-corrected chi connectivity index (χ2v) is 5.42. The van der Waals surface area contributed by atoms with Gasteiger partial charge in [0.2, 0.25) is 11.6 Å². The average Bonchev–Trinajstić information content (AvgIpc) is 3.12. The molecule has 1 aliphatic heterocycles. The van der Waals surface area contributed by atoms with Crippen molar-refractivity contribution in [2.45, 2.75) is 6.92 Å². The highest BCUT2D eigenvalue weighted by atomic mass is 16.6. The largest absolute Gasteiger partial charge is 0.339 e. The van der Waals surface area contributed by atoms with Crippen molar-refractivity contribution in [2.75, 3.05) is 31.1 Å². The van der Waals surface area contributed by atoms with Crippen molar-refractivity contribution < 1.29 is 9.72 Å². The maximum atomic E-state index is 12.5. The maximum Gasteiger partial charge on any atom is 0.322 e. The first-order valence-corrected chi connectivity index (χ1v) is 7.20. The van der Waals surface area contributed by atoms with Crippen LogP contribution in [0.5, 0.6) is 0 Å². The summed E-state index contributed by atoms with van der Waals surface area (Å²) >= 11 is 0. The topological polar surface area (TPSA) is 113 Å². The second-order valence-electron chi connectivity index (χ2n) is 5.42. The molecule has 1 N–H and O–H groups in total. The summed E-state index contributed by atoms with van der Waals surface area (Å²) < 4.78 is 1.92. The summed E-state index contributed by atoms with van der Waals surface area (Å²) in [6.07, 6.45) is 3.59. The van der Waals surface area contributed by atoms with Crippen LogP contribution >= 0.6 is 0 Å². The normalized spacial score (nSPS) is 15.0. The Hall–Kier alpha value is -2.91. The number of piperazine rings is 1. The van der Waals surface area contributed by atoms with E-state index in [0.717, 1.165) is 5.95 Å². The van der Waals surface area contributed by atoms with Gasteiger partial charge in [-0.05, 0) is 6.92 Å². The van der Waals surface area contributed by atoms with E-state index in [0.29, 0.717) is 26.2 Å². The molecule has 10 heteroatoms. The van der Waals surface area contributed by atoms with Gasteiger partial charge in [0.05, 0.1) is 4.92 Å². The lowest BCUT2D eigenvalue weighted by atomic mass is 10.2. The fourth-order valence-corrected chi connectivity index (χ4v) is 2.72. The molecule has 2 aromatic rings. The lowest BCUT2D eigenvalue weighted by molar-refractivity contribution is -0.385. The molecule has 1 saturated heterocycles. The molecule has 0 aromatic carbocycles. The number of hydrogen-bond acceptors (Lipinski definition) is 6. The summed E-state index contributed by atoms with van der Waals surface area (Å²) in [5, 5.41) is 17.4. The van der Waals surface area contributed by atoms with Crippen molar-refractivity contribution in [2.24, 2.45) is 7.05 Å². The number of H-pyrrole nitrogens is 1. The van der Waals surface area contributed by atoms with Crippen LogP contribution in [0.4, 0.5) is 11.6 Å². The van der Waals surface area contributed by atoms with Crippen LogP contribution in [0, 0.1) is 17.0 Å². The monoisotopic (exact) mass is 319 g/mol. The standard InChI is InChI=1S/C13H17N7O3/c1-9-11(20(22)23)10(16-15-9)12(21)18-5-7-19(8-6-18)13-14-3-4-17(13)2/h3-4H,5-8H2,1-2H3,(H,15,16). The first kappa shape index (κ1) is 15.0. The minimum atomic E-state index is -0.573. The Balaban J connectivity index is 1.72. The molecule has 2 aromatic heterocycles. The summed E-state index contributed by atoms with van der Waals surface area (Å²) in [5.41, 5.74) is -0.0931. The van der Waals surface area contributed by atoms with Crippen LogP contribution in [-0.2, 0) is 7.05 Å². The van der Waals surface area contributed by atoms with Crippen LogP contribution in [-0.4, -0.2) is 61.7 Å². The number of imidazole rings is 1. The zero-order chi connectivity index (χ0) is 16.6. The molecule has 0 radical (unpaired) electrons. The zero-order valence-electron chi connectivity index (χ0n) is 12.9. The highest BCUT2D eigenvalue weighted by Gasteiger charge is 2.32. The Labute approximate surface area is 131 Å². The van der Waals surface area contributed by atoms with Gasteiger partial charge in [0.25, 0.3) is 5.91 Å². The predicted molar refractivity (Wildman–Crippen MR) is 81.3 cm³/mol. The fourth-order valence-electron chi connectivity index (χ4n) is 2.72.